The molecule has 10 heteroatoms. The van der Waals surface area contributed by atoms with Crippen molar-refractivity contribution in [3.8, 4) is 22.3 Å². The molecule has 3 aromatic carbocycles. The van der Waals surface area contributed by atoms with Gasteiger partial charge in [0.1, 0.15) is 0 Å². The second-order valence-electron chi connectivity index (χ2n) is 5.35. The number of hydrogen-bond donors (Lipinski definition) is 0. The van der Waals surface area contributed by atoms with Crippen LogP contribution in [-0.2, 0) is 0 Å². The lowest BCUT2D eigenvalue weighted by atomic mass is 9.92. The Hall–Kier alpha value is -3.04. The van der Waals surface area contributed by atoms with Crippen LogP contribution in [0.25, 0.3) is 22.3 Å². The van der Waals surface area contributed by atoms with E-state index < -0.39 is 80.4 Å². The van der Waals surface area contributed by atoms with Gasteiger partial charge in [0.25, 0.3) is 0 Å². The molecule has 3 aromatic rings. The monoisotopic (exact) mass is 409 g/mol. The lowest BCUT2D eigenvalue weighted by Crippen LogP contribution is -2.07. The minimum absolute atomic E-state index is 0.669. The topological polar surface area (TPSA) is 0 Å². The van der Waals surface area contributed by atoms with Gasteiger partial charge in [-0.1, -0.05) is 18.2 Å². The van der Waals surface area contributed by atoms with Gasteiger partial charge in [-0.15, -0.1) is 0 Å². The Bertz CT molecular complexity index is 974. The van der Waals surface area contributed by atoms with Gasteiger partial charge in [0.2, 0.25) is 11.6 Å². The molecule has 0 amide bonds. The minimum Gasteiger partial charge on any atom is -0.203 e. The summed E-state index contributed by atoms with van der Waals surface area (Å²) in [5.41, 5.74) is -5.39. The fourth-order valence-electron chi connectivity index (χ4n) is 2.52. The van der Waals surface area contributed by atoms with E-state index in [-0.39, 0.29) is 0 Å². The first kappa shape index (κ1) is 19.7. The van der Waals surface area contributed by atoms with Gasteiger partial charge in [-0.05, 0) is 11.6 Å². The molecule has 0 aromatic heterocycles. The van der Waals surface area contributed by atoms with Gasteiger partial charge in [-0.3, -0.25) is 0 Å². The van der Waals surface area contributed by atoms with Crippen LogP contribution in [0.5, 0.6) is 0 Å². The van der Waals surface area contributed by atoms with Gasteiger partial charge in [0.05, 0.1) is 11.1 Å². The van der Waals surface area contributed by atoms with E-state index in [0.717, 1.165) is 12.1 Å². The number of rotatable bonds is 2. The molecule has 0 spiro atoms. The highest BCUT2D eigenvalue weighted by Gasteiger charge is 2.31. The highest BCUT2D eigenvalue weighted by Crippen LogP contribution is 2.40. The largest absolute Gasteiger partial charge is 0.203 e. The van der Waals surface area contributed by atoms with Crippen LogP contribution in [-0.4, -0.2) is 0 Å². The molecule has 0 saturated carbocycles. The molecule has 0 aliphatic carbocycles. The van der Waals surface area contributed by atoms with Crippen LogP contribution in [0.15, 0.2) is 18.2 Å². The third-order valence-corrected chi connectivity index (χ3v) is 3.80. The summed E-state index contributed by atoms with van der Waals surface area (Å²) >= 11 is 0. The van der Waals surface area contributed by atoms with Crippen LogP contribution >= 0.6 is 0 Å². The summed E-state index contributed by atoms with van der Waals surface area (Å²) in [4.78, 5) is 0. The van der Waals surface area contributed by atoms with Crippen molar-refractivity contribution in [2.24, 2.45) is 0 Å². The lowest BCUT2D eigenvalue weighted by molar-refractivity contribution is 0.380. The summed E-state index contributed by atoms with van der Waals surface area (Å²) in [6.07, 6.45) is 0. The smallest absolute Gasteiger partial charge is 0.200 e. The van der Waals surface area contributed by atoms with Crippen molar-refractivity contribution in [3.63, 3.8) is 0 Å². The van der Waals surface area contributed by atoms with Crippen LogP contribution in [0.1, 0.15) is 0 Å². The molecular formula is C18H3F10. The van der Waals surface area contributed by atoms with Gasteiger partial charge < -0.3 is 0 Å². The SMILES string of the molecule is Fc1c(F)c(F)c(-c2[c]cccc2-c2c(F)c(F)c(F)c(F)c2F)c(F)c1F. The molecule has 0 unspecified atom stereocenters. The molecule has 0 bridgehead atoms. The summed E-state index contributed by atoms with van der Waals surface area (Å²) in [7, 11) is 0. The number of benzene rings is 3. The molecule has 0 fully saturated rings. The zero-order chi connectivity index (χ0) is 20.9. The van der Waals surface area contributed by atoms with Crippen molar-refractivity contribution >= 4 is 0 Å². The second kappa shape index (κ2) is 6.84. The molecule has 145 valence electrons. The third kappa shape index (κ3) is 2.71. The normalized spacial score (nSPS) is 11.2. The van der Waals surface area contributed by atoms with Gasteiger partial charge in [-0.25, -0.2) is 43.9 Å². The molecule has 0 nitrogen and oxygen atoms in total. The van der Waals surface area contributed by atoms with Gasteiger partial charge in [-0.2, -0.15) is 0 Å². The van der Waals surface area contributed by atoms with Crippen LogP contribution in [0, 0.1) is 64.2 Å². The molecule has 0 heterocycles. The highest BCUT2D eigenvalue weighted by molar-refractivity contribution is 5.84. The van der Waals surface area contributed by atoms with E-state index in [9.17, 15) is 43.9 Å². The Labute approximate surface area is 149 Å². The summed E-state index contributed by atoms with van der Waals surface area (Å²) in [5, 5.41) is 0. The summed E-state index contributed by atoms with van der Waals surface area (Å²) in [6.45, 7) is 0. The zero-order valence-corrected chi connectivity index (χ0v) is 13.0. The molecule has 3 rings (SSSR count). The molecule has 28 heavy (non-hydrogen) atoms. The fraction of sp³-hybridized carbons (Fsp3) is 0. The Kier molecular flexibility index (Phi) is 4.82. The molecule has 0 atom stereocenters. The Morgan fingerprint density at radius 3 is 1.25 bits per heavy atom. The lowest BCUT2D eigenvalue weighted by Gasteiger charge is -2.15. The second-order valence-corrected chi connectivity index (χ2v) is 5.35. The van der Waals surface area contributed by atoms with E-state index in [4.69, 9.17) is 0 Å². The Morgan fingerprint density at radius 1 is 0.464 bits per heavy atom. The molecule has 0 saturated heterocycles. The summed E-state index contributed by atoms with van der Waals surface area (Å²) in [6, 6.07) is 4.50. The van der Waals surface area contributed by atoms with Gasteiger partial charge in [0.15, 0.2) is 46.5 Å². The zero-order valence-electron chi connectivity index (χ0n) is 13.0. The van der Waals surface area contributed by atoms with Crippen molar-refractivity contribution in [3.05, 3.63) is 82.4 Å². The average Bonchev–Trinajstić information content (AvgIpc) is 2.69. The molecule has 0 aliphatic heterocycles. The molecular weight excluding hydrogens is 406 g/mol. The van der Waals surface area contributed by atoms with Crippen molar-refractivity contribution in [1.82, 2.24) is 0 Å². The van der Waals surface area contributed by atoms with Gasteiger partial charge >= 0.3 is 0 Å². The van der Waals surface area contributed by atoms with Crippen molar-refractivity contribution in [2.75, 3.05) is 0 Å². The molecule has 0 N–H and O–H groups in total. The van der Waals surface area contributed by atoms with E-state index in [1.165, 1.54) is 0 Å². The third-order valence-electron chi connectivity index (χ3n) is 3.80. The van der Waals surface area contributed by atoms with Crippen LogP contribution in [0.2, 0.25) is 0 Å². The van der Waals surface area contributed by atoms with E-state index in [2.05, 4.69) is 0 Å². The van der Waals surface area contributed by atoms with Crippen molar-refractivity contribution in [1.29, 1.82) is 0 Å². The maximum Gasteiger partial charge on any atom is 0.200 e. The fourth-order valence-corrected chi connectivity index (χ4v) is 2.52. The number of halogens is 10. The van der Waals surface area contributed by atoms with E-state index >= 15 is 0 Å². The van der Waals surface area contributed by atoms with E-state index in [0.29, 0.717) is 6.07 Å². The highest BCUT2D eigenvalue weighted by atomic mass is 19.2. The number of hydrogen-bond acceptors (Lipinski definition) is 0. The van der Waals surface area contributed by atoms with Crippen LogP contribution < -0.4 is 0 Å². The van der Waals surface area contributed by atoms with E-state index in [1.807, 2.05) is 6.07 Å². The Morgan fingerprint density at radius 2 is 0.821 bits per heavy atom. The predicted molar refractivity (Wildman–Crippen MR) is 75.7 cm³/mol. The standard InChI is InChI=1S/C18H3F10/c19-9-7(10(20)14(24)17(27)13(9)23)5-3-1-2-4-6(5)8-11(21)15(25)18(28)16(26)12(8)22/h1-3H. The van der Waals surface area contributed by atoms with Crippen molar-refractivity contribution in [2.45, 2.75) is 0 Å². The van der Waals surface area contributed by atoms with E-state index in [1.54, 1.807) is 0 Å². The maximum atomic E-state index is 14.1. The quantitative estimate of drug-likeness (QED) is 0.268. The molecule has 1 radical (unpaired) electrons. The Balaban J connectivity index is 2.46. The van der Waals surface area contributed by atoms with Gasteiger partial charge in [0, 0.05) is 5.56 Å². The first-order valence-electron chi connectivity index (χ1n) is 7.13. The van der Waals surface area contributed by atoms with Crippen LogP contribution in [0.4, 0.5) is 43.9 Å². The maximum absolute atomic E-state index is 14.1. The van der Waals surface area contributed by atoms with Crippen LogP contribution in [0.3, 0.4) is 0 Å². The summed E-state index contributed by atoms with van der Waals surface area (Å²) < 4.78 is 137. The van der Waals surface area contributed by atoms with Crippen molar-refractivity contribution < 1.29 is 43.9 Å². The first-order valence-corrected chi connectivity index (χ1v) is 7.13. The average molecular weight is 409 g/mol. The molecule has 0 aliphatic rings. The summed E-state index contributed by atoms with van der Waals surface area (Å²) in [5.74, 6) is -23.9. The first-order chi connectivity index (χ1) is 13.1. The predicted octanol–water partition coefficient (Wildman–Crippen LogP) is 6.21. The minimum atomic E-state index is -2.49.